The Hall–Kier alpha value is -6.16. The highest BCUT2D eigenvalue weighted by Gasteiger charge is 2.51. The molecule has 5 aliphatic rings. The van der Waals surface area contributed by atoms with Crippen LogP contribution < -0.4 is 15.4 Å². The van der Waals surface area contributed by atoms with E-state index in [4.69, 9.17) is 28.9 Å². The van der Waals surface area contributed by atoms with Crippen molar-refractivity contribution < 1.29 is 38.1 Å². The highest BCUT2D eigenvalue weighted by molar-refractivity contribution is 6.07. The van der Waals surface area contributed by atoms with E-state index in [2.05, 4.69) is 63.1 Å². The van der Waals surface area contributed by atoms with Crippen LogP contribution in [-0.4, -0.2) is 104 Å². The fourth-order valence-electron chi connectivity index (χ4n) is 12.1. The first-order chi connectivity index (χ1) is 32.3. The number of H-pyrrole nitrogens is 2. The Morgan fingerprint density at radius 2 is 1.58 bits per heavy atom. The molecule has 5 aromatic rings. The molecule has 0 bridgehead atoms. The van der Waals surface area contributed by atoms with E-state index >= 15 is 0 Å². The molecule has 9 unspecified atom stereocenters. The molecular formula is C51H62N8O8. The average molecular weight is 915 g/mol. The molecule has 2 aromatic heterocycles. The number of alkyl carbamates (subject to hydrolysis) is 2. The number of fused-ring (bicyclic) bond motifs is 7. The molecule has 1 saturated carbocycles. The summed E-state index contributed by atoms with van der Waals surface area (Å²) in [5.41, 5.74) is 6.64. The molecule has 3 aromatic carbocycles. The summed E-state index contributed by atoms with van der Waals surface area (Å²) < 4.78 is 22.4. The fourth-order valence-corrected chi connectivity index (χ4v) is 12.1. The lowest BCUT2D eigenvalue weighted by Gasteiger charge is -2.39. The van der Waals surface area contributed by atoms with E-state index in [9.17, 15) is 19.2 Å². The van der Waals surface area contributed by atoms with Gasteiger partial charge in [-0.2, -0.15) is 0 Å². The van der Waals surface area contributed by atoms with Gasteiger partial charge >= 0.3 is 12.2 Å². The van der Waals surface area contributed by atoms with E-state index in [0.717, 1.165) is 99.9 Å². The predicted octanol–water partition coefficient (Wildman–Crippen LogP) is 8.47. The van der Waals surface area contributed by atoms with Gasteiger partial charge in [0.25, 0.3) is 0 Å². The number of rotatable bonds is 9. The van der Waals surface area contributed by atoms with Crippen molar-refractivity contribution in [2.24, 2.45) is 17.8 Å². The summed E-state index contributed by atoms with van der Waals surface area (Å²) in [5, 5.41) is 7.67. The molecule has 0 radical (unpaired) electrons. The van der Waals surface area contributed by atoms with Crippen LogP contribution in [0.1, 0.15) is 115 Å². The minimum atomic E-state index is -0.737. The van der Waals surface area contributed by atoms with Gasteiger partial charge < -0.3 is 49.3 Å². The number of aromatic amines is 2. The molecule has 16 nitrogen and oxygen atoms in total. The molecule has 67 heavy (non-hydrogen) atoms. The number of benzene rings is 3. The van der Waals surface area contributed by atoms with Gasteiger partial charge in [-0.05, 0) is 130 Å². The molecule has 4 fully saturated rings. The van der Waals surface area contributed by atoms with Crippen molar-refractivity contribution in [2.45, 2.75) is 141 Å². The highest BCUT2D eigenvalue weighted by atomic mass is 16.5. The molecule has 6 heterocycles. The molecule has 16 heteroatoms. The van der Waals surface area contributed by atoms with Crippen LogP contribution in [0.4, 0.5) is 9.59 Å². The third-order valence-electron chi connectivity index (χ3n) is 15.2. The topological polar surface area (TPSA) is 193 Å². The van der Waals surface area contributed by atoms with Crippen LogP contribution in [0.25, 0.3) is 44.2 Å². The van der Waals surface area contributed by atoms with Gasteiger partial charge in [-0.1, -0.05) is 38.5 Å². The minimum Gasteiger partial charge on any atom is -0.488 e. The largest absolute Gasteiger partial charge is 0.488 e. The lowest BCUT2D eigenvalue weighted by Crippen LogP contribution is -2.56. The lowest BCUT2D eigenvalue weighted by molar-refractivity contribution is -0.141. The summed E-state index contributed by atoms with van der Waals surface area (Å²) >= 11 is 0. The summed E-state index contributed by atoms with van der Waals surface area (Å²) in [6, 6.07) is 12.9. The van der Waals surface area contributed by atoms with E-state index in [1.54, 1.807) is 0 Å². The molecule has 4 amide bonds. The van der Waals surface area contributed by atoms with E-state index in [0.29, 0.717) is 31.2 Å². The number of carbonyl (C=O) groups is 4. The maximum atomic E-state index is 14.9. The monoisotopic (exact) mass is 914 g/mol. The summed E-state index contributed by atoms with van der Waals surface area (Å²) in [5.74, 6) is 2.15. The summed E-state index contributed by atoms with van der Waals surface area (Å²) in [4.78, 5) is 74.9. The number of likely N-dealkylation sites (tertiary alicyclic amines) is 2. The number of nitrogens with one attached hydrogen (secondary N) is 4. The van der Waals surface area contributed by atoms with Crippen molar-refractivity contribution in [1.82, 2.24) is 40.4 Å². The van der Waals surface area contributed by atoms with Crippen molar-refractivity contribution in [1.29, 1.82) is 0 Å². The van der Waals surface area contributed by atoms with E-state index in [1.165, 1.54) is 14.2 Å². The second-order valence-electron chi connectivity index (χ2n) is 19.9. The van der Waals surface area contributed by atoms with E-state index in [1.807, 2.05) is 50.6 Å². The molecule has 3 saturated heterocycles. The Morgan fingerprint density at radius 3 is 2.34 bits per heavy atom. The quantitative estimate of drug-likeness (QED) is 0.112. The van der Waals surface area contributed by atoms with Crippen LogP contribution in [0.15, 0.2) is 48.7 Å². The molecule has 4 N–H and O–H groups in total. The summed E-state index contributed by atoms with van der Waals surface area (Å²) in [6.07, 6.45) is 7.30. The highest BCUT2D eigenvalue weighted by Crippen LogP contribution is 2.49. The predicted molar refractivity (Wildman–Crippen MR) is 251 cm³/mol. The van der Waals surface area contributed by atoms with Gasteiger partial charge in [0.1, 0.15) is 36.1 Å². The third-order valence-corrected chi connectivity index (χ3v) is 15.2. The number of nitrogens with zero attached hydrogens (tertiary/aromatic N) is 4. The van der Waals surface area contributed by atoms with Crippen LogP contribution in [0.3, 0.4) is 0 Å². The van der Waals surface area contributed by atoms with Crippen molar-refractivity contribution >= 4 is 45.8 Å². The van der Waals surface area contributed by atoms with Gasteiger partial charge in [-0.25, -0.2) is 19.6 Å². The van der Waals surface area contributed by atoms with Crippen LogP contribution in [0.2, 0.25) is 0 Å². The molecule has 9 atom stereocenters. The molecule has 354 valence electrons. The SMILES string of the molecule is COC(=O)NC(C(=O)N1C(C)CCC1c1ncc(-c2ccc3c(c2)COc2cc4c(ccc5[nH]c(C6CC7CCCC7N6C(=O)C(NC(=O)OC)C6CC(C)OC(C)C6)nc54)cc2-3)[nH]1)C(C)C. The molecule has 1 aliphatic carbocycles. The number of amides is 4. The number of methoxy groups -OCH3 is 2. The average Bonchev–Trinajstić information content (AvgIpc) is 4.17. The van der Waals surface area contributed by atoms with Gasteiger partial charge in [0.05, 0.1) is 61.4 Å². The Bertz CT molecular complexity index is 2720. The molecule has 10 rings (SSSR count). The van der Waals surface area contributed by atoms with E-state index in [-0.39, 0.29) is 60.0 Å². The van der Waals surface area contributed by atoms with Crippen molar-refractivity contribution in [3.8, 4) is 28.1 Å². The third kappa shape index (κ3) is 8.14. The zero-order valence-corrected chi connectivity index (χ0v) is 39.4. The van der Waals surface area contributed by atoms with Gasteiger partial charge in [-0.15, -0.1) is 0 Å². The maximum Gasteiger partial charge on any atom is 0.407 e. The Labute approximate surface area is 390 Å². The Balaban J connectivity index is 0.915. The minimum absolute atomic E-state index is 0.0187. The maximum absolute atomic E-state index is 14.9. The summed E-state index contributed by atoms with van der Waals surface area (Å²) in [6.45, 7) is 10.3. The van der Waals surface area contributed by atoms with Gasteiger partial charge in [0, 0.05) is 23.0 Å². The van der Waals surface area contributed by atoms with Crippen LogP contribution in [0.5, 0.6) is 5.75 Å². The summed E-state index contributed by atoms with van der Waals surface area (Å²) in [7, 11) is 2.63. The molecule has 0 spiro atoms. The van der Waals surface area contributed by atoms with Gasteiger partial charge in [0.15, 0.2) is 0 Å². The first-order valence-corrected chi connectivity index (χ1v) is 24.1. The first-order valence-electron chi connectivity index (χ1n) is 24.1. The van der Waals surface area contributed by atoms with Crippen molar-refractivity contribution in [2.75, 3.05) is 14.2 Å². The van der Waals surface area contributed by atoms with Crippen molar-refractivity contribution in [3.05, 3.63) is 65.9 Å². The zero-order valence-electron chi connectivity index (χ0n) is 39.4. The van der Waals surface area contributed by atoms with Crippen LogP contribution in [-0.2, 0) is 30.4 Å². The second-order valence-corrected chi connectivity index (χ2v) is 19.9. The number of aromatic nitrogens is 4. The molecule has 4 aliphatic heterocycles. The van der Waals surface area contributed by atoms with Crippen molar-refractivity contribution in [3.63, 3.8) is 0 Å². The second kappa shape index (κ2) is 17.8. The normalized spacial score (nSPS) is 26.4. The van der Waals surface area contributed by atoms with E-state index < -0.39 is 24.3 Å². The molecular weight excluding hydrogens is 853 g/mol. The number of imidazole rings is 2. The van der Waals surface area contributed by atoms with Gasteiger partial charge in [-0.3, -0.25) is 9.59 Å². The fraction of sp³-hybridized carbons (Fsp3) is 0.529. The number of ether oxygens (including phenoxy) is 4. The van der Waals surface area contributed by atoms with Gasteiger partial charge in [0.2, 0.25) is 11.8 Å². The standard InChI is InChI=1S/C51H62N8O8/c1-25(2)43(56-50(62)64-6)48(60)58-26(3)11-16-40(58)46-52-23-38(54-46)30-12-14-34-33(19-30)24-66-42-22-35-29(20-36(34)42)13-15-37-45(35)55-47(53-37)41-21-31-9-8-10-39(31)59(41)49(61)44(57-51(63)65-7)32-17-27(4)67-28(5)18-32/h12-15,19-20,22-23,25-28,31-32,39-41,43-44H,8-11,16-18,21,24H2,1-7H3,(H,52,54)(H,53,55)(H,56,62)(H,57,63). The number of carbonyl (C=O) groups excluding carboxylic acids is 4. The Kier molecular flexibility index (Phi) is 11.9. The van der Waals surface area contributed by atoms with Crippen LogP contribution in [0, 0.1) is 17.8 Å². The zero-order chi connectivity index (χ0) is 46.8. The number of hydrogen-bond donors (Lipinski definition) is 4. The van der Waals surface area contributed by atoms with Crippen LogP contribution >= 0.6 is 0 Å². The Morgan fingerprint density at radius 1 is 0.806 bits per heavy atom. The number of hydrogen-bond acceptors (Lipinski definition) is 10. The smallest absolute Gasteiger partial charge is 0.407 e. The lowest BCUT2D eigenvalue weighted by atomic mass is 9.85. The first kappa shape index (κ1) is 44.7.